The molecule has 1 aromatic carbocycles. The maximum atomic E-state index is 13.6. The zero-order valence-corrected chi connectivity index (χ0v) is 24.4. The van der Waals surface area contributed by atoms with Gasteiger partial charge < -0.3 is 49.0 Å². The lowest BCUT2D eigenvalue weighted by Crippen LogP contribution is -2.74. The maximum absolute atomic E-state index is 13.6. The summed E-state index contributed by atoms with van der Waals surface area (Å²) in [5.41, 5.74) is -1.13. The van der Waals surface area contributed by atoms with E-state index in [0.29, 0.717) is 24.9 Å². The van der Waals surface area contributed by atoms with Crippen LogP contribution in [0.1, 0.15) is 44.2 Å². The van der Waals surface area contributed by atoms with Crippen LogP contribution in [0.15, 0.2) is 24.0 Å². The number of phenols is 1. The Bertz CT molecular complexity index is 1520. The molecule has 0 unspecified atom stereocenters. The standard InChI is InChI=1S/C29H31NO15/c1-12(31)41-22(23(42-13(2)32)27(39)44-17(25(36)37)11-19(34)35)26(38)43-16-6-7-29(40)18-10-14-4-5-15(33)21-20(14)28(29,24(16)45-21)8-9-30(18)3/h4-6,17-18,22-24,33,40H,7-11H2,1-3H3,(H,34,35)(H,36,37)/t17-,18-,22-,23-,24+,28+,29-/m1/s1. The average Bonchev–Trinajstić information content (AvgIpc) is 3.30. The number of ether oxygens (including phenoxy) is 5. The third kappa shape index (κ3) is 5.12. The molecule has 242 valence electrons. The van der Waals surface area contributed by atoms with E-state index in [1.54, 1.807) is 6.07 Å². The van der Waals surface area contributed by atoms with Crippen molar-refractivity contribution in [3.05, 3.63) is 35.1 Å². The van der Waals surface area contributed by atoms with Crippen molar-refractivity contribution >= 4 is 35.8 Å². The number of carboxylic acid groups (broad SMARTS) is 2. The summed E-state index contributed by atoms with van der Waals surface area (Å²) in [5, 5.41) is 41.2. The number of rotatable bonds is 10. The Labute approximate surface area is 255 Å². The van der Waals surface area contributed by atoms with Crippen LogP contribution in [0.5, 0.6) is 11.5 Å². The summed E-state index contributed by atoms with van der Waals surface area (Å²) in [6.45, 7) is 2.25. The first-order valence-electron chi connectivity index (χ1n) is 14.0. The van der Waals surface area contributed by atoms with Gasteiger partial charge in [-0.15, -0.1) is 0 Å². The molecule has 4 N–H and O–H groups in total. The lowest BCUT2D eigenvalue weighted by atomic mass is 9.50. The van der Waals surface area contributed by atoms with Crippen molar-refractivity contribution in [1.29, 1.82) is 0 Å². The second-order valence-electron chi connectivity index (χ2n) is 11.4. The Kier molecular flexibility index (Phi) is 7.99. The molecule has 1 fully saturated rings. The highest BCUT2D eigenvalue weighted by Crippen LogP contribution is 2.65. The minimum atomic E-state index is -2.39. The van der Waals surface area contributed by atoms with Crippen molar-refractivity contribution in [2.24, 2.45) is 0 Å². The summed E-state index contributed by atoms with van der Waals surface area (Å²) in [5.74, 6) is -9.12. The molecule has 0 amide bonds. The van der Waals surface area contributed by atoms with Gasteiger partial charge >= 0.3 is 35.8 Å². The monoisotopic (exact) mass is 633 g/mol. The molecule has 16 nitrogen and oxygen atoms in total. The minimum absolute atomic E-state index is 0.0118. The number of carboxylic acids is 2. The van der Waals surface area contributed by atoms with E-state index in [0.717, 1.165) is 19.4 Å². The SMILES string of the molecule is CC(=O)O[C@@H](C(=O)OC1=CC[C@@]2(O)[C@H]3Cc4ccc(O)c5c4[C@@]2(CCN3C)[C@H]1O5)[C@@H](OC(C)=O)C(=O)O[C@H](CC(=O)O)C(=O)O. The van der Waals surface area contributed by atoms with E-state index in [4.69, 9.17) is 28.8 Å². The Morgan fingerprint density at radius 2 is 1.67 bits per heavy atom. The number of aromatic hydroxyl groups is 1. The number of nitrogens with zero attached hydrogens (tertiary/aromatic N) is 1. The summed E-state index contributed by atoms with van der Waals surface area (Å²) in [6, 6.07) is 2.87. The van der Waals surface area contributed by atoms with E-state index in [1.807, 2.05) is 11.9 Å². The predicted octanol–water partition coefficient (Wildman–Crippen LogP) is -0.452. The number of likely N-dealkylation sites (N-methyl/N-ethyl adjacent to an activating group) is 1. The quantitative estimate of drug-likeness (QED) is 0.189. The van der Waals surface area contributed by atoms with E-state index < -0.39 is 77.7 Å². The second kappa shape index (κ2) is 11.3. The van der Waals surface area contributed by atoms with Gasteiger partial charge in [0.15, 0.2) is 17.6 Å². The number of phenolic OH excluding ortho intramolecular Hbond substituents is 1. The van der Waals surface area contributed by atoms with Crippen molar-refractivity contribution < 1.29 is 72.9 Å². The van der Waals surface area contributed by atoms with Gasteiger partial charge in [-0.3, -0.25) is 14.4 Å². The van der Waals surface area contributed by atoms with Crippen LogP contribution in [0.2, 0.25) is 0 Å². The fourth-order valence-corrected chi connectivity index (χ4v) is 6.98. The molecule has 1 spiro atoms. The van der Waals surface area contributed by atoms with Gasteiger partial charge in [-0.05, 0) is 44.1 Å². The molecule has 45 heavy (non-hydrogen) atoms. The highest BCUT2D eigenvalue weighted by Gasteiger charge is 2.72. The van der Waals surface area contributed by atoms with Crippen molar-refractivity contribution in [3.63, 3.8) is 0 Å². The van der Waals surface area contributed by atoms with Gasteiger partial charge in [0.25, 0.3) is 0 Å². The van der Waals surface area contributed by atoms with E-state index in [9.17, 15) is 44.1 Å². The Morgan fingerprint density at radius 3 is 2.27 bits per heavy atom. The van der Waals surface area contributed by atoms with Gasteiger partial charge in [0.05, 0.1) is 17.4 Å². The van der Waals surface area contributed by atoms with E-state index in [2.05, 4.69) is 0 Å². The number of carbonyl (C=O) groups is 6. The average molecular weight is 634 g/mol. The van der Waals surface area contributed by atoms with Crippen LogP contribution in [0.4, 0.5) is 0 Å². The highest BCUT2D eigenvalue weighted by molar-refractivity contribution is 5.91. The molecule has 1 saturated heterocycles. The number of carbonyl (C=O) groups excluding carboxylic acids is 4. The molecule has 16 heteroatoms. The zero-order valence-electron chi connectivity index (χ0n) is 24.4. The highest BCUT2D eigenvalue weighted by atomic mass is 16.6. The number of hydrogen-bond acceptors (Lipinski definition) is 14. The lowest BCUT2D eigenvalue weighted by molar-refractivity contribution is -0.195. The molecule has 7 atom stereocenters. The lowest BCUT2D eigenvalue weighted by Gasteiger charge is -2.61. The Hall–Kier alpha value is -4.70. The van der Waals surface area contributed by atoms with Crippen LogP contribution in [-0.4, -0.2) is 111 Å². The molecule has 2 aliphatic heterocycles. The number of piperidine rings is 1. The number of aliphatic carboxylic acids is 2. The third-order valence-corrected chi connectivity index (χ3v) is 8.79. The molecule has 0 radical (unpaired) electrons. The van der Waals surface area contributed by atoms with Crippen LogP contribution >= 0.6 is 0 Å². The molecule has 2 bridgehead atoms. The van der Waals surface area contributed by atoms with Gasteiger partial charge in [-0.1, -0.05) is 6.07 Å². The first kappa shape index (κ1) is 31.7. The molecule has 0 aromatic heterocycles. The molecular weight excluding hydrogens is 602 g/mol. The van der Waals surface area contributed by atoms with Gasteiger partial charge in [-0.25, -0.2) is 14.4 Å². The van der Waals surface area contributed by atoms with Gasteiger partial charge in [0.2, 0.25) is 18.3 Å². The van der Waals surface area contributed by atoms with E-state index >= 15 is 0 Å². The molecule has 2 aliphatic carbocycles. The number of likely N-dealkylation sites (tertiary alicyclic amines) is 1. The van der Waals surface area contributed by atoms with Crippen molar-refractivity contribution in [2.75, 3.05) is 13.6 Å². The number of aliphatic hydroxyl groups is 1. The van der Waals surface area contributed by atoms with Crippen LogP contribution in [0, 0.1) is 0 Å². The first-order valence-corrected chi connectivity index (χ1v) is 14.0. The van der Waals surface area contributed by atoms with Crippen LogP contribution in [-0.2, 0) is 59.6 Å². The van der Waals surface area contributed by atoms with Crippen molar-refractivity contribution in [3.8, 4) is 11.5 Å². The van der Waals surface area contributed by atoms with Gasteiger partial charge in [-0.2, -0.15) is 0 Å². The van der Waals surface area contributed by atoms with Gasteiger partial charge in [0, 0.05) is 31.9 Å². The van der Waals surface area contributed by atoms with E-state index in [-0.39, 0.29) is 29.7 Å². The normalized spacial score (nSPS) is 27.8. The number of hydrogen-bond donors (Lipinski definition) is 4. The van der Waals surface area contributed by atoms with Crippen molar-refractivity contribution in [2.45, 2.75) is 81.0 Å². The topological polar surface area (TPSA) is 233 Å². The fraction of sp³-hybridized carbons (Fsp3) is 0.517. The molecule has 1 aromatic rings. The number of esters is 4. The summed E-state index contributed by atoms with van der Waals surface area (Å²) in [7, 11) is 1.88. The fourth-order valence-electron chi connectivity index (χ4n) is 6.98. The Balaban J connectivity index is 1.49. The van der Waals surface area contributed by atoms with Crippen molar-refractivity contribution in [1.82, 2.24) is 4.90 Å². The Morgan fingerprint density at radius 1 is 1.02 bits per heavy atom. The summed E-state index contributed by atoms with van der Waals surface area (Å²) < 4.78 is 26.5. The van der Waals surface area contributed by atoms with Crippen LogP contribution in [0.25, 0.3) is 0 Å². The van der Waals surface area contributed by atoms with Crippen LogP contribution < -0.4 is 4.74 Å². The van der Waals surface area contributed by atoms with Crippen LogP contribution in [0.3, 0.4) is 0 Å². The second-order valence-corrected chi connectivity index (χ2v) is 11.4. The predicted molar refractivity (Wildman–Crippen MR) is 144 cm³/mol. The molecule has 4 aliphatic rings. The molecule has 0 saturated carbocycles. The minimum Gasteiger partial charge on any atom is -0.504 e. The summed E-state index contributed by atoms with van der Waals surface area (Å²) >= 11 is 0. The zero-order chi connectivity index (χ0) is 33.0. The smallest absolute Gasteiger partial charge is 0.357 e. The number of benzene rings is 1. The largest absolute Gasteiger partial charge is 0.504 e. The maximum Gasteiger partial charge on any atom is 0.357 e. The summed E-state index contributed by atoms with van der Waals surface area (Å²) in [6.07, 6.45) is -7.07. The van der Waals surface area contributed by atoms with E-state index in [1.165, 1.54) is 12.1 Å². The molecular formula is C29H31NO15. The third-order valence-electron chi connectivity index (χ3n) is 8.79. The molecule has 5 rings (SSSR count). The van der Waals surface area contributed by atoms with Gasteiger partial charge in [0.1, 0.15) is 5.76 Å². The first-order chi connectivity index (χ1) is 21.1. The molecule has 2 heterocycles. The summed E-state index contributed by atoms with van der Waals surface area (Å²) in [4.78, 5) is 75.1.